The van der Waals surface area contributed by atoms with Gasteiger partial charge in [0.15, 0.2) is 5.65 Å². The molecular weight excluding hydrogens is 302 g/mol. The topological polar surface area (TPSA) is 56.5 Å². The van der Waals surface area contributed by atoms with Gasteiger partial charge in [-0.2, -0.15) is 5.10 Å². The Balaban J connectivity index is 2.24. The van der Waals surface area contributed by atoms with Crippen molar-refractivity contribution in [2.75, 3.05) is 12.5 Å². The zero-order chi connectivity index (χ0) is 16.2. The first-order valence-electron chi connectivity index (χ1n) is 7.58. The molecule has 0 saturated heterocycles. The minimum Gasteiger partial charge on any atom is -0.465 e. The van der Waals surface area contributed by atoms with Crippen LogP contribution in [0.4, 0.5) is 0 Å². The fourth-order valence-corrected chi connectivity index (χ4v) is 2.36. The lowest BCUT2D eigenvalue weighted by atomic mass is 9.90. The standard InChI is InChI=1S/C16H22ClN3O2/c1-4-22-15(21)16(2,3)13-11-20-14(18-13)9-8-12(19-20)7-5-6-10-17/h8-9,11H,4-7,10H2,1-3H3. The Bertz CT molecular complexity index is 652. The van der Waals surface area contributed by atoms with Gasteiger partial charge in [0.1, 0.15) is 5.41 Å². The smallest absolute Gasteiger partial charge is 0.317 e. The molecule has 0 aliphatic rings. The predicted molar refractivity (Wildman–Crippen MR) is 86.3 cm³/mol. The average molecular weight is 324 g/mol. The molecule has 0 spiro atoms. The first kappa shape index (κ1) is 16.7. The molecule has 0 radical (unpaired) electrons. The van der Waals surface area contributed by atoms with Gasteiger partial charge in [0.2, 0.25) is 0 Å². The van der Waals surface area contributed by atoms with E-state index in [1.54, 1.807) is 17.6 Å². The van der Waals surface area contributed by atoms with Crippen molar-refractivity contribution >= 4 is 23.2 Å². The molecule has 0 atom stereocenters. The van der Waals surface area contributed by atoms with E-state index in [-0.39, 0.29) is 5.97 Å². The summed E-state index contributed by atoms with van der Waals surface area (Å²) in [7, 11) is 0. The van der Waals surface area contributed by atoms with Gasteiger partial charge in [-0.1, -0.05) is 0 Å². The van der Waals surface area contributed by atoms with Crippen LogP contribution in [0, 0.1) is 0 Å². The van der Waals surface area contributed by atoms with Crippen LogP contribution in [0.15, 0.2) is 18.3 Å². The Morgan fingerprint density at radius 1 is 1.36 bits per heavy atom. The molecule has 120 valence electrons. The molecule has 0 aromatic carbocycles. The summed E-state index contributed by atoms with van der Waals surface area (Å²) < 4.78 is 6.85. The molecule has 0 saturated carbocycles. The fraction of sp³-hybridized carbons (Fsp3) is 0.562. The number of alkyl halides is 1. The zero-order valence-electron chi connectivity index (χ0n) is 13.3. The molecule has 22 heavy (non-hydrogen) atoms. The molecule has 0 aliphatic carbocycles. The van der Waals surface area contributed by atoms with Crippen molar-refractivity contribution in [2.24, 2.45) is 0 Å². The number of imidazole rings is 1. The maximum Gasteiger partial charge on any atom is 0.317 e. The highest BCUT2D eigenvalue weighted by Crippen LogP contribution is 2.24. The third-order valence-electron chi connectivity index (χ3n) is 3.62. The van der Waals surface area contributed by atoms with Crippen LogP contribution in [0.3, 0.4) is 0 Å². The number of ether oxygens (including phenoxy) is 1. The molecule has 6 heteroatoms. The number of nitrogens with zero attached hydrogens (tertiary/aromatic N) is 3. The molecular formula is C16H22ClN3O2. The number of unbranched alkanes of at least 4 members (excludes halogenated alkanes) is 1. The van der Waals surface area contributed by atoms with Crippen molar-refractivity contribution in [2.45, 2.75) is 45.4 Å². The zero-order valence-corrected chi connectivity index (χ0v) is 14.1. The van der Waals surface area contributed by atoms with E-state index in [0.29, 0.717) is 18.2 Å². The summed E-state index contributed by atoms with van der Waals surface area (Å²) in [6.07, 6.45) is 4.68. The Morgan fingerprint density at radius 3 is 2.82 bits per heavy atom. The molecule has 0 amide bonds. The van der Waals surface area contributed by atoms with E-state index < -0.39 is 5.41 Å². The lowest BCUT2D eigenvalue weighted by Gasteiger charge is -2.19. The minimum absolute atomic E-state index is 0.277. The number of carbonyl (C=O) groups is 1. The highest BCUT2D eigenvalue weighted by molar-refractivity contribution is 6.17. The van der Waals surface area contributed by atoms with Gasteiger partial charge in [0, 0.05) is 5.88 Å². The predicted octanol–water partition coefficient (Wildman–Crippen LogP) is 3.13. The monoisotopic (exact) mass is 323 g/mol. The third-order valence-corrected chi connectivity index (χ3v) is 3.89. The molecule has 2 rings (SSSR count). The number of halogens is 1. The first-order chi connectivity index (χ1) is 10.5. The van der Waals surface area contributed by atoms with E-state index in [1.807, 2.05) is 26.0 Å². The molecule has 2 aromatic heterocycles. The van der Waals surface area contributed by atoms with E-state index >= 15 is 0 Å². The van der Waals surface area contributed by atoms with Crippen molar-refractivity contribution in [1.82, 2.24) is 14.6 Å². The van der Waals surface area contributed by atoms with Crippen LogP contribution < -0.4 is 0 Å². The van der Waals surface area contributed by atoms with Crippen molar-refractivity contribution in [3.8, 4) is 0 Å². The van der Waals surface area contributed by atoms with E-state index in [2.05, 4.69) is 10.1 Å². The second-order valence-electron chi connectivity index (χ2n) is 5.75. The second kappa shape index (κ2) is 7.09. The van der Waals surface area contributed by atoms with Crippen LogP contribution in [0.25, 0.3) is 5.65 Å². The van der Waals surface area contributed by atoms with E-state index in [1.165, 1.54) is 0 Å². The number of rotatable bonds is 7. The van der Waals surface area contributed by atoms with Crippen LogP contribution in [-0.4, -0.2) is 33.1 Å². The van der Waals surface area contributed by atoms with Gasteiger partial charge in [-0.25, -0.2) is 9.50 Å². The highest BCUT2D eigenvalue weighted by atomic mass is 35.5. The molecule has 2 heterocycles. The number of aryl methyl sites for hydroxylation is 1. The Kier molecular flexibility index (Phi) is 5.40. The molecule has 0 N–H and O–H groups in total. The van der Waals surface area contributed by atoms with Crippen molar-refractivity contribution in [1.29, 1.82) is 0 Å². The lowest BCUT2D eigenvalue weighted by molar-refractivity contribution is -0.148. The Hall–Kier alpha value is -1.62. The number of hydrogen-bond donors (Lipinski definition) is 0. The SMILES string of the molecule is CCOC(=O)C(C)(C)c1cn2nc(CCCCCl)ccc2n1. The summed E-state index contributed by atoms with van der Waals surface area (Å²) >= 11 is 5.69. The van der Waals surface area contributed by atoms with Crippen LogP contribution in [0.1, 0.15) is 45.0 Å². The van der Waals surface area contributed by atoms with Crippen molar-refractivity contribution in [3.05, 3.63) is 29.7 Å². The summed E-state index contributed by atoms with van der Waals surface area (Å²) in [6.45, 7) is 5.78. The van der Waals surface area contributed by atoms with Gasteiger partial charge in [0.05, 0.1) is 24.2 Å². The maximum absolute atomic E-state index is 12.1. The van der Waals surface area contributed by atoms with Gasteiger partial charge >= 0.3 is 5.97 Å². The molecule has 0 fully saturated rings. The molecule has 5 nitrogen and oxygen atoms in total. The maximum atomic E-state index is 12.1. The van der Waals surface area contributed by atoms with Gasteiger partial charge in [-0.15, -0.1) is 11.6 Å². The van der Waals surface area contributed by atoms with Crippen molar-refractivity contribution in [3.63, 3.8) is 0 Å². The summed E-state index contributed by atoms with van der Waals surface area (Å²) in [5.41, 5.74) is 1.60. The lowest BCUT2D eigenvalue weighted by Crippen LogP contribution is -2.31. The largest absolute Gasteiger partial charge is 0.465 e. The number of fused-ring (bicyclic) bond motifs is 1. The number of hydrogen-bond acceptors (Lipinski definition) is 4. The van der Waals surface area contributed by atoms with Crippen LogP contribution in [-0.2, 0) is 21.4 Å². The fourth-order valence-electron chi connectivity index (χ4n) is 2.17. The highest BCUT2D eigenvalue weighted by Gasteiger charge is 2.34. The molecule has 0 unspecified atom stereocenters. The van der Waals surface area contributed by atoms with Gasteiger partial charge in [-0.05, 0) is 52.2 Å². The van der Waals surface area contributed by atoms with Crippen molar-refractivity contribution < 1.29 is 9.53 Å². The third kappa shape index (κ3) is 3.58. The normalized spacial score (nSPS) is 11.8. The molecule has 0 aliphatic heterocycles. The van der Waals surface area contributed by atoms with E-state index in [9.17, 15) is 4.79 Å². The van der Waals surface area contributed by atoms with Crippen LogP contribution in [0.5, 0.6) is 0 Å². The van der Waals surface area contributed by atoms with Gasteiger partial charge in [0.25, 0.3) is 0 Å². The summed E-state index contributed by atoms with van der Waals surface area (Å²) in [5, 5.41) is 4.55. The summed E-state index contributed by atoms with van der Waals surface area (Å²) in [4.78, 5) is 16.6. The summed E-state index contributed by atoms with van der Waals surface area (Å²) in [6, 6.07) is 3.89. The number of carbonyl (C=O) groups excluding carboxylic acids is 1. The molecule has 2 aromatic rings. The summed E-state index contributed by atoms with van der Waals surface area (Å²) in [5.74, 6) is 0.395. The second-order valence-corrected chi connectivity index (χ2v) is 6.12. The number of esters is 1. The average Bonchev–Trinajstić information content (AvgIpc) is 2.91. The molecule has 0 bridgehead atoms. The van der Waals surface area contributed by atoms with Crippen LogP contribution >= 0.6 is 11.6 Å². The first-order valence-corrected chi connectivity index (χ1v) is 8.11. The van der Waals surface area contributed by atoms with Gasteiger partial charge < -0.3 is 4.74 Å². The Morgan fingerprint density at radius 2 is 2.14 bits per heavy atom. The quantitative estimate of drug-likeness (QED) is 0.446. The Labute approximate surface area is 135 Å². The van der Waals surface area contributed by atoms with E-state index in [4.69, 9.17) is 16.3 Å². The van der Waals surface area contributed by atoms with E-state index in [0.717, 1.165) is 30.6 Å². The minimum atomic E-state index is -0.789. The number of aromatic nitrogens is 3. The van der Waals surface area contributed by atoms with Crippen LogP contribution in [0.2, 0.25) is 0 Å². The van der Waals surface area contributed by atoms with Gasteiger partial charge in [-0.3, -0.25) is 4.79 Å².